The Morgan fingerprint density at radius 3 is 2.30 bits per heavy atom. The largest absolute Gasteiger partial charge is 0.480 e. The zero-order valence-electron chi connectivity index (χ0n) is 46.6. The Labute approximate surface area is 452 Å². The van der Waals surface area contributed by atoms with E-state index in [1.807, 2.05) is 76.3 Å². The van der Waals surface area contributed by atoms with Crippen molar-refractivity contribution >= 4 is 42.4 Å². The summed E-state index contributed by atoms with van der Waals surface area (Å²) in [4.78, 5) is 76.5. The summed E-state index contributed by atoms with van der Waals surface area (Å²) in [5.41, 5.74) is 2.54. The van der Waals surface area contributed by atoms with E-state index in [9.17, 15) is 53.5 Å². The highest BCUT2D eigenvalue weighted by molar-refractivity contribution is 6.50. The van der Waals surface area contributed by atoms with Gasteiger partial charge in [0, 0.05) is 50.6 Å². The Morgan fingerprint density at radius 1 is 0.882 bits per heavy atom. The minimum absolute atomic E-state index is 0.00589. The van der Waals surface area contributed by atoms with Crippen molar-refractivity contribution in [3.63, 3.8) is 0 Å². The van der Waals surface area contributed by atoms with Gasteiger partial charge in [-0.2, -0.15) is 0 Å². The van der Waals surface area contributed by atoms with Crippen LogP contribution in [0.1, 0.15) is 157 Å². The topological polar surface area (TPSA) is 226 Å². The molecule has 0 aromatic heterocycles. The first-order valence-electron chi connectivity index (χ1n) is 27.7. The Kier molecular flexibility index (Phi) is 29.4. The molecule has 2 amide bonds. The molecular formula is C59H90BFN2O13. The molecule has 1 unspecified atom stereocenters. The average Bonchev–Trinajstić information content (AvgIpc) is 3.38. The van der Waals surface area contributed by atoms with Crippen molar-refractivity contribution < 1.29 is 67.7 Å². The van der Waals surface area contributed by atoms with E-state index in [2.05, 4.69) is 12.2 Å². The number of ether oxygens (including phenoxy) is 3. The number of likely N-dealkylation sites (tertiary alicyclic amines) is 1. The van der Waals surface area contributed by atoms with Gasteiger partial charge in [0.1, 0.15) is 24.2 Å². The van der Waals surface area contributed by atoms with Crippen molar-refractivity contribution in [1.82, 2.24) is 10.1 Å². The molecular weight excluding hydrogens is 974 g/mol. The van der Waals surface area contributed by atoms with Crippen LogP contribution in [0.5, 0.6) is 0 Å². The van der Waals surface area contributed by atoms with E-state index in [1.54, 1.807) is 32.2 Å². The van der Waals surface area contributed by atoms with Crippen LogP contribution < -0.4 is 5.23 Å². The first kappa shape index (κ1) is 65.5. The molecule has 0 spiro atoms. The lowest BCUT2D eigenvalue weighted by Crippen LogP contribution is -2.57. The number of benzene rings is 1. The van der Waals surface area contributed by atoms with Crippen LogP contribution in [0.3, 0.4) is 0 Å². The number of carboxylic acids is 1. The van der Waals surface area contributed by atoms with Gasteiger partial charge in [0.2, 0.25) is 5.79 Å². The number of carbonyl (C=O) groups excluding carboxylic acids is 5. The predicted molar refractivity (Wildman–Crippen MR) is 292 cm³/mol. The summed E-state index contributed by atoms with van der Waals surface area (Å²) in [6.07, 6.45) is 19.7. The fraction of sp³-hybridized carbons (Fsp3) is 0.661. The Hall–Kier alpha value is -4.81. The van der Waals surface area contributed by atoms with E-state index >= 15 is 0 Å². The monoisotopic (exact) mass is 1060 g/mol. The molecule has 2 aliphatic rings. The van der Waals surface area contributed by atoms with E-state index in [-0.39, 0.29) is 74.5 Å². The van der Waals surface area contributed by atoms with E-state index < -0.39 is 60.6 Å². The van der Waals surface area contributed by atoms with Crippen LogP contribution >= 0.6 is 0 Å². The molecule has 3 rings (SSSR count). The van der Waals surface area contributed by atoms with E-state index in [0.717, 1.165) is 67.4 Å². The predicted octanol–water partition coefficient (Wildman–Crippen LogP) is 9.45. The number of aliphatic hydroxyl groups is 3. The summed E-state index contributed by atoms with van der Waals surface area (Å²) >= 11 is 0. The van der Waals surface area contributed by atoms with Gasteiger partial charge in [-0.1, -0.05) is 125 Å². The van der Waals surface area contributed by atoms with E-state index in [4.69, 9.17) is 14.2 Å². The molecule has 1 heterocycles. The number of methoxy groups -OCH3 is 1. The zero-order valence-corrected chi connectivity index (χ0v) is 46.6. The third-order valence-corrected chi connectivity index (χ3v) is 15.2. The molecule has 1 saturated carbocycles. The number of ketones is 3. The van der Waals surface area contributed by atoms with Crippen molar-refractivity contribution in [2.45, 2.75) is 188 Å². The highest BCUT2D eigenvalue weighted by atomic mass is 19.1. The van der Waals surface area contributed by atoms with Gasteiger partial charge in [0.05, 0.1) is 24.9 Å². The number of carbonyl (C=O) groups is 6. The standard InChI is InChI=1S/C59H90BFN2O13/c1-40(21-13-10-15-23-46(7)59(72,73)55(67)56(68)63-31-19-18-26-49(63)57(69)70)20-12-9-14-22-41(2)34-43(4)51(65)38-52(66)45(6)36-44(5)50(64)29-27-42(3)35-48-28-30-53(54(37-48)74-8)75-32-33-76-58(71)62-60(61)39-47-24-16-11-17-25-47/h9,11-12,14,16-17,20,22,24-25,36,41-44,46,48-49,52-54,66,72-73H,10,13,15,18-19,21,23,26-35,37-39H2,1-8H3,(H,62,71)(H,69,70)/b12-9+,22-14+,40-20+,45-36+/t41-,42+,43-,44-,46-,48+,49+,52+,53?,54-/m1/s1. The van der Waals surface area contributed by atoms with Crippen LogP contribution in [0.2, 0.25) is 0 Å². The number of carboxylic acid groups (broad SMARTS) is 1. The molecule has 0 radical (unpaired) electrons. The van der Waals surface area contributed by atoms with Crippen molar-refractivity contribution in [2.24, 2.45) is 35.5 Å². The first-order valence-corrected chi connectivity index (χ1v) is 27.7. The summed E-state index contributed by atoms with van der Waals surface area (Å²) in [6.45, 7) is 13.5. The summed E-state index contributed by atoms with van der Waals surface area (Å²) in [7, 11) is 0.108. The normalized spacial score (nSPS) is 21.1. The summed E-state index contributed by atoms with van der Waals surface area (Å²) in [6, 6.07) is 7.90. The van der Waals surface area contributed by atoms with E-state index in [1.165, 1.54) is 6.92 Å². The average molecular weight is 1070 g/mol. The van der Waals surface area contributed by atoms with Gasteiger partial charge < -0.3 is 49.1 Å². The molecule has 1 saturated heterocycles. The first-order chi connectivity index (χ1) is 36.0. The minimum atomic E-state index is -2.88. The number of aliphatic carboxylic acids is 1. The second-order valence-corrected chi connectivity index (χ2v) is 21.8. The van der Waals surface area contributed by atoms with Crippen LogP contribution in [0.4, 0.5) is 9.11 Å². The van der Waals surface area contributed by atoms with Crippen molar-refractivity contribution in [2.75, 3.05) is 26.9 Å². The number of allylic oxidation sites excluding steroid dienone is 7. The Balaban J connectivity index is 1.28. The SMILES string of the molecule is CO[C@@H]1C[C@H](C[C@@H](C)CCC(=O)[C@H](C)/C=C(\C)[C@@H](O)CC(=O)[C@H](C)C[C@H](C)/C=C/C=C/C=C(\C)CCCCC[C@@H](C)C(O)(O)C(=O)C(=O)N2CCCC[C@H]2C(=O)O)CCC1OCCOC(=O)NB(F)Cc1ccccc1. The van der Waals surface area contributed by atoms with Gasteiger partial charge in [-0.3, -0.25) is 19.2 Å². The number of aliphatic hydroxyl groups excluding tert-OH is 1. The molecule has 0 bridgehead atoms. The van der Waals surface area contributed by atoms with Gasteiger partial charge in [0.25, 0.3) is 11.7 Å². The summed E-state index contributed by atoms with van der Waals surface area (Å²) in [5.74, 6) is -7.30. The number of nitrogens with zero attached hydrogens (tertiary/aromatic N) is 1. The van der Waals surface area contributed by atoms with Gasteiger partial charge in [0.15, 0.2) is 0 Å². The maximum absolute atomic E-state index is 14.3. The number of hydrogen-bond donors (Lipinski definition) is 5. The number of piperidine rings is 1. The van der Waals surface area contributed by atoms with Crippen molar-refractivity contribution in [3.8, 4) is 0 Å². The lowest BCUT2D eigenvalue weighted by atomic mass is 9.79. The maximum atomic E-state index is 14.3. The van der Waals surface area contributed by atoms with Crippen LogP contribution in [0.25, 0.3) is 0 Å². The molecule has 2 fully saturated rings. The van der Waals surface area contributed by atoms with Crippen LogP contribution in [0.15, 0.2) is 77.9 Å². The van der Waals surface area contributed by atoms with Gasteiger partial charge in [-0.15, -0.1) is 0 Å². The number of hydrogen-bond acceptors (Lipinski definition) is 12. The fourth-order valence-corrected chi connectivity index (χ4v) is 10.2. The van der Waals surface area contributed by atoms with Gasteiger partial charge in [-0.05, 0) is 114 Å². The lowest BCUT2D eigenvalue weighted by molar-refractivity contribution is -0.205. The second kappa shape index (κ2) is 34.2. The third-order valence-electron chi connectivity index (χ3n) is 15.2. The summed E-state index contributed by atoms with van der Waals surface area (Å²) in [5, 5.41) is 43.8. The smallest absolute Gasteiger partial charge is 0.467 e. The number of halogens is 1. The molecule has 1 aliphatic heterocycles. The number of rotatable bonds is 34. The van der Waals surface area contributed by atoms with Crippen molar-refractivity contribution in [3.05, 3.63) is 83.5 Å². The Morgan fingerprint density at radius 2 is 1.61 bits per heavy atom. The third kappa shape index (κ3) is 23.4. The number of amides is 2. The summed E-state index contributed by atoms with van der Waals surface area (Å²) < 4.78 is 31.2. The molecule has 76 heavy (non-hydrogen) atoms. The van der Waals surface area contributed by atoms with Gasteiger partial charge in [-0.25, -0.2) is 9.59 Å². The van der Waals surface area contributed by atoms with Crippen LogP contribution in [0, 0.1) is 35.5 Å². The molecule has 17 heteroatoms. The molecule has 1 aromatic rings. The molecule has 424 valence electrons. The molecule has 15 nitrogen and oxygen atoms in total. The fourth-order valence-electron chi connectivity index (χ4n) is 10.2. The van der Waals surface area contributed by atoms with Crippen molar-refractivity contribution in [1.29, 1.82) is 0 Å². The Bertz CT molecular complexity index is 2110. The lowest BCUT2D eigenvalue weighted by Gasteiger charge is -2.36. The van der Waals surface area contributed by atoms with Gasteiger partial charge >= 0.3 is 19.2 Å². The second-order valence-electron chi connectivity index (χ2n) is 21.8. The molecule has 1 aromatic carbocycles. The van der Waals surface area contributed by atoms with E-state index in [0.29, 0.717) is 55.9 Å². The minimum Gasteiger partial charge on any atom is -0.480 e. The van der Waals surface area contributed by atoms with Crippen LogP contribution in [-0.2, 0) is 44.5 Å². The maximum Gasteiger partial charge on any atom is 0.467 e. The molecule has 1 aliphatic carbocycles. The number of unbranched alkanes of at least 4 members (excludes halogenated alkanes) is 2. The number of Topliss-reactive ketones (excluding diaryl/α,β-unsaturated/α-hetero) is 3. The molecule has 10 atom stereocenters. The van der Waals surface area contributed by atoms with Crippen LogP contribution in [-0.4, -0.2) is 125 Å². The highest BCUT2D eigenvalue weighted by Gasteiger charge is 2.47. The molecule has 5 N–H and O–H groups in total. The highest BCUT2D eigenvalue weighted by Crippen LogP contribution is 2.34. The quantitative estimate of drug-likeness (QED) is 0.0108. The number of nitrogens with one attached hydrogen (secondary N) is 1. The zero-order chi connectivity index (χ0) is 56.4.